The third-order valence-electron chi connectivity index (χ3n) is 2.90. The first-order chi connectivity index (χ1) is 7.06. The summed E-state index contributed by atoms with van der Waals surface area (Å²) in [5.41, 5.74) is 0. The van der Waals surface area contributed by atoms with Gasteiger partial charge in [0.1, 0.15) is 0 Å². The van der Waals surface area contributed by atoms with Crippen LogP contribution in [0, 0.1) is 11.8 Å². The van der Waals surface area contributed by atoms with Crippen molar-refractivity contribution in [1.29, 1.82) is 0 Å². The lowest BCUT2D eigenvalue weighted by Crippen LogP contribution is -2.32. The van der Waals surface area contributed by atoms with Gasteiger partial charge in [-0.3, -0.25) is 0 Å². The van der Waals surface area contributed by atoms with Crippen LogP contribution in [0.5, 0.6) is 0 Å². The second-order valence-electron chi connectivity index (χ2n) is 4.11. The van der Waals surface area contributed by atoms with E-state index in [4.69, 9.17) is 4.74 Å². The fraction of sp³-hybridized carbons (Fsp3) is 0.917. The van der Waals surface area contributed by atoms with E-state index in [0.29, 0.717) is 12.5 Å². The Bertz CT molecular complexity index is 180. The number of ether oxygens (including phenoxy) is 1. The third-order valence-corrected chi connectivity index (χ3v) is 2.90. The second-order valence-corrected chi connectivity index (χ2v) is 4.11. The molecule has 90 valence electrons. The normalized spacial score (nSPS) is 16.9. The molecule has 3 atom stereocenters. The molecule has 0 amide bonds. The van der Waals surface area contributed by atoms with Crippen LogP contribution in [-0.4, -0.2) is 23.8 Å². The van der Waals surface area contributed by atoms with Gasteiger partial charge in [-0.2, -0.15) is 0 Å². The van der Waals surface area contributed by atoms with Crippen LogP contribution in [-0.2, 0) is 9.53 Å². The third kappa shape index (κ3) is 5.17. The zero-order valence-corrected chi connectivity index (χ0v) is 10.3. The summed E-state index contributed by atoms with van der Waals surface area (Å²) in [6.45, 7) is 8.33. The highest BCUT2D eigenvalue weighted by Gasteiger charge is 2.26. The average Bonchev–Trinajstić information content (AvgIpc) is 2.24. The van der Waals surface area contributed by atoms with Crippen LogP contribution < -0.4 is 0 Å². The van der Waals surface area contributed by atoms with Gasteiger partial charge in [-0.15, -0.1) is 0 Å². The van der Waals surface area contributed by atoms with E-state index in [1.807, 2.05) is 6.92 Å². The van der Waals surface area contributed by atoms with E-state index < -0.39 is 12.1 Å². The molecule has 0 aliphatic carbocycles. The SMILES string of the molecule is CCOC(=O)C(O)C(CC)CC(C)CC. The van der Waals surface area contributed by atoms with Gasteiger partial charge in [-0.05, 0) is 25.2 Å². The fourth-order valence-electron chi connectivity index (χ4n) is 1.62. The van der Waals surface area contributed by atoms with Gasteiger partial charge in [0.25, 0.3) is 0 Å². The van der Waals surface area contributed by atoms with Crippen LogP contribution in [0.25, 0.3) is 0 Å². The summed E-state index contributed by atoms with van der Waals surface area (Å²) in [5.74, 6) is 0.0886. The van der Waals surface area contributed by atoms with Crippen molar-refractivity contribution in [3.8, 4) is 0 Å². The molecule has 0 fully saturated rings. The summed E-state index contributed by atoms with van der Waals surface area (Å²) in [6.07, 6.45) is 1.81. The second kappa shape index (κ2) is 7.69. The largest absolute Gasteiger partial charge is 0.464 e. The summed E-state index contributed by atoms with van der Waals surface area (Å²) < 4.78 is 4.81. The molecule has 0 radical (unpaired) electrons. The molecule has 1 N–H and O–H groups in total. The minimum atomic E-state index is -0.955. The lowest BCUT2D eigenvalue weighted by Gasteiger charge is -2.22. The molecular weight excluding hydrogens is 192 g/mol. The van der Waals surface area contributed by atoms with Gasteiger partial charge < -0.3 is 9.84 Å². The number of hydrogen-bond acceptors (Lipinski definition) is 3. The topological polar surface area (TPSA) is 46.5 Å². The van der Waals surface area contributed by atoms with Crippen molar-refractivity contribution >= 4 is 5.97 Å². The van der Waals surface area contributed by atoms with E-state index >= 15 is 0 Å². The standard InChI is InChI=1S/C12H24O3/c1-5-9(4)8-10(6-2)11(13)12(14)15-7-3/h9-11,13H,5-8H2,1-4H3. The molecule has 3 heteroatoms. The molecule has 0 aromatic rings. The molecule has 0 spiro atoms. The molecule has 0 bridgehead atoms. The fourth-order valence-corrected chi connectivity index (χ4v) is 1.62. The van der Waals surface area contributed by atoms with Crippen molar-refractivity contribution in [3.63, 3.8) is 0 Å². The number of rotatable bonds is 7. The van der Waals surface area contributed by atoms with Crippen LogP contribution in [0.15, 0.2) is 0 Å². The summed E-state index contributed by atoms with van der Waals surface area (Å²) in [5, 5.41) is 9.78. The summed E-state index contributed by atoms with van der Waals surface area (Å²) in [4.78, 5) is 11.3. The van der Waals surface area contributed by atoms with Crippen molar-refractivity contribution in [3.05, 3.63) is 0 Å². The molecule has 0 aromatic heterocycles. The molecule has 0 aromatic carbocycles. The van der Waals surface area contributed by atoms with Crippen LogP contribution >= 0.6 is 0 Å². The van der Waals surface area contributed by atoms with Crippen LogP contribution in [0.2, 0.25) is 0 Å². The highest BCUT2D eigenvalue weighted by atomic mass is 16.5. The zero-order valence-electron chi connectivity index (χ0n) is 10.3. The first-order valence-electron chi connectivity index (χ1n) is 5.91. The van der Waals surface area contributed by atoms with E-state index in [-0.39, 0.29) is 5.92 Å². The van der Waals surface area contributed by atoms with E-state index in [9.17, 15) is 9.90 Å². The highest BCUT2D eigenvalue weighted by molar-refractivity contribution is 5.74. The molecule has 0 heterocycles. The van der Waals surface area contributed by atoms with E-state index in [2.05, 4.69) is 13.8 Å². The molecule has 15 heavy (non-hydrogen) atoms. The van der Waals surface area contributed by atoms with Gasteiger partial charge in [0.05, 0.1) is 6.61 Å². The number of carbonyl (C=O) groups is 1. The minimum Gasteiger partial charge on any atom is -0.464 e. The molecule has 0 saturated heterocycles. The Kier molecular flexibility index (Phi) is 7.39. The van der Waals surface area contributed by atoms with Crippen LogP contribution in [0.3, 0.4) is 0 Å². The van der Waals surface area contributed by atoms with Crippen molar-refractivity contribution in [2.24, 2.45) is 11.8 Å². The van der Waals surface area contributed by atoms with Crippen molar-refractivity contribution in [1.82, 2.24) is 0 Å². The van der Waals surface area contributed by atoms with Crippen molar-refractivity contribution in [2.75, 3.05) is 6.61 Å². The number of carbonyl (C=O) groups excluding carboxylic acids is 1. The molecule has 0 rings (SSSR count). The van der Waals surface area contributed by atoms with Crippen molar-refractivity contribution < 1.29 is 14.6 Å². The van der Waals surface area contributed by atoms with Gasteiger partial charge in [-0.1, -0.05) is 33.6 Å². The Balaban J connectivity index is 4.20. The molecule has 3 unspecified atom stereocenters. The number of aliphatic hydroxyl groups excluding tert-OH is 1. The van der Waals surface area contributed by atoms with E-state index in [1.165, 1.54) is 0 Å². The molecular formula is C12H24O3. The van der Waals surface area contributed by atoms with Gasteiger partial charge in [-0.25, -0.2) is 4.79 Å². The van der Waals surface area contributed by atoms with Gasteiger partial charge >= 0.3 is 5.97 Å². The summed E-state index contributed by atoms with van der Waals surface area (Å²) >= 11 is 0. The van der Waals surface area contributed by atoms with Gasteiger partial charge in [0.15, 0.2) is 6.10 Å². The molecule has 0 saturated carbocycles. The number of aliphatic hydroxyl groups is 1. The van der Waals surface area contributed by atoms with Crippen LogP contribution in [0.1, 0.15) is 47.0 Å². The maximum absolute atomic E-state index is 11.3. The molecule has 0 aliphatic rings. The summed E-state index contributed by atoms with van der Waals surface area (Å²) in [7, 11) is 0. The monoisotopic (exact) mass is 216 g/mol. The quantitative estimate of drug-likeness (QED) is 0.665. The first-order valence-corrected chi connectivity index (χ1v) is 5.91. The Morgan fingerprint density at radius 1 is 1.27 bits per heavy atom. The number of hydrogen-bond donors (Lipinski definition) is 1. The predicted molar refractivity (Wildman–Crippen MR) is 60.5 cm³/mol. The highest BCUT2D eigenvalue weighted by Crippen LogP contribution is 2.22. The Hall–Kier alpha value is -0.570. The Morgan fingerprint density at radius 3 is 2.27 bits per heavy atom. The zero-order chi connectivity index (χ0) is 11.8. The Labute approximate surface area is 92.8 Å². The van der Waals surface area contributed by atoms with E-state index in [1.54, 1.807) is 6.92 Å². The minimum absolute atomic E-state index is 0.0269. The summed E-state index contributed by atoms with van der Waals surface area (Å²) in [6, 6.07) is 0. The van der Waals surface area contributed by atoms with Gasteiger partial charge in [0.2, 0.25) is 0 Å². The lowest BCUT2D eigenvalue weighted by atomic mass is 9.88. The maximum Gasteiger partial charge on any atom is 0.335 e. The van der Waals surface area contributed by atoms with Crippen molar-refractivity contribution in [2.45, 2.75) is 53.1 Å². The lowest BCUT2D eigenvalue weighted by molar-refractivity contribution is -0.156. The average molecular weight is 216 g/mol. The van der Waals surface area contributed by atoms with E-state index in [0.717, 1.165) is 19.3 Å². The maximum atomic E-state index is 11.3. The van der Waals surface area contributed by atoms with Gasteiger partial charge in [0, 0.05) is 0 Å². The molecule has 0 aliphatic heterocycles. The smallest absolute Gasteiger partial charge is 0.335 e. The number of esters is 1. The first kappa shape index (κ1) is 14.4. The Morgan fingerprint density at radius 2 is 1.87 bits per heavy atom. The van der Waals surface area contributed by atoms with Crippen LogP contribution in [0.4, 0.5) is 0 Å². The molecule has 3 nitrogen and oxygen atoms in total. The predicted octanol–water partition coefficient (Wildman–Crippen LogP) is 2.37.